The number of nitrogens with one attached hydrogen (secondary N) is 1. The van der Waals surface area contributed by atoms with Crippen molar-refractivity contribution in [2.45, 2.75) is 25.7 Å². The Hall–Kier alpha value is -2.12. The minimum Gasteiger partial charge on any atom is -0.466 e. The highest BCUT2D eigenvalue weighted by Gasteiger charge is 2.19. The number of benzene rings is 1. The Balaban J connectivity index is 2.32. The minimum atomic E-state index is -3.81. The fourth-order valence-corrected chi connectivity index (χ4v) is 2.63. The lowest BCUT2D eigenvalue weighted by atomic mass is 10.1. The van der Waals surface area contributed by atoms with Crippen LogP contribution in [0.25, 0.3) is 0 Å². The van der Waals surface area contributed by atoms with Crippen LogP contribution in [0.15, 0.2) is 33.6 Å². The van der Waals surface area contributed by atoms with Crippen molar-refractivity contribution in [2.24, 2.45) is 5.14 Å². The van der Waals surface area contributed by atoms with E-state index in [0.717, 1.165) is 5.56 Å². The van der Waals surface area contributed by atoms with Crippen molar-refractivity contribution in [1.82, 2.24) is 0 Å². The Morgan fingerprint density at radius 1 is 1.19 bits per heavy atom. The Morgan fingerprint density at radius 3 is 2.38 bits per heavy atom. The lowest BCUT2D eigenvalue weighted by molar-refractivity contribution is 0.102. The Morgan fingerprint density at radius 2 is 1.86 bits per heavy atom. The van der Waals surface area contributed by atoms with Crippen molar-refractivity contribution in [3.05, 3.63) is 46.9 Å². The summed E-state index contributed by atoms with van der Waals surface area (Å²) in [5.41, 5.74) is 1.56. The standard InChI is InChI=1S/C14H16N2O4S/c1-8-9(2)20-10(3)13(8)14(17)16-11-5-4-6-12(7-11)21(15,18)19/h4-7H,1-3H3,(H,16,17)(H2,15,18,19). The van der Waals surface area contributed by atoms with Gasteiger partial charge in [0.05, 0.1) is 10.5 Å². The van der Waals surface area contributed by atoms with Crippen LogP contribution in [0.1, 0.15) is 27.4 Å². The second-order valence-corrected chi connectivity index (χ2v) is 6.30. The zero-order valence-electron chi connectivity index (χ0n) is 11.9. The maximum Gasteiger partial charge on any atom is 0.259 e. The third kappa shape index (κ3) is 3.14. The van der Waals surface area contributed by atoms with Gasteiger partial charge in [-0.05, 0) is 39.0 Å². The van der Waals surface area contributed by atoms with Crippen molar-refractivity contribution in [3.63, 3.8) is 0 Å². The maximum atomic E-state index is 12.3. The molecule has 1 heterocycles. The quantitative estimate of drug-likeness (QED) is 0.906. The average Bonchev–Trinajstić information content (AvgIpc) is 2.62. The molecule has 21 heavy (non-hydrogen) atoms. The molecular formula is C14H16N2O4S. The largest absolute Gasteiger partial charge is 0.466 e. The van der Waals surface area contributed by atoms with Gasteiger partial charge in [0.2, 0.25) is 10.0 Å². The zero-order valence-corrected chi connectivity index (χ0v) is 12.7. The van der Waals surface area contributed by atoms with Gasteiger partial charge < -0.3 is 9.73 Å². The molecule has 0 spiro atoms. The van der Waals surface area contributed by atoms with Crippen LogP contribution in [0.3, 0.4) is 0 Å². The van der Waals surface area contributed by atoms with Crippen molar-refractivity contribution >= 4 is 21.6 Å². The summed E-state index contributed by atoms with van der Waals surface area (Å²) in [5.74, 6) is 0.842. The second kappa shape index (κ2) is 5.34. The Kier molecular flexibility index (Phi) is 3.89. The molecule has 0 unspecified atom stereocenters. The molecule has 7 heteroatoms. The van der Waals surface area contributed by atoms with Crippen molar-refractivity contribution < 1.29 is 17.6 Å². The Bertz CT molecular complexity index is 806. The topological polar surface area (TPSA) is 102 Å². The van der Waals surface area contributed by atoms with E-state index in [0.29, 0.717) is 22.8 Å². The summed E-state index contributed by atoms with van der Waals surface area (Å²) in [6.07, 6.45) is 0. The highest BCUT2D eigenvalue weighted by Crippen LogP contribution is 2.22. The number of carbonyl (C=O) groups excluding carboxylic acids is 1. The molecule has 0 bridgehead atoms. The predicted molar refractivity (Wildman–Crippen MR) is 78.7 cm³/mol. The molecule has 6 nitrogen and oxygen atoms in total. The lowest BCUT2D eigenvalue weighted by Crippen LogP contribution is -2.15. The number of nitrogens with two attached hydrogens (primary N) is 1. The molecule has 0 aliphatic carbocycles. The van der Waals surface area contributed by atoms with Crippen LogP contribution in [0.2, 0.25) is 0 Å². The summed E-state index contributed by atoms with van der Waals surface area (Å²) in [7, 11) is -3.81. The fourth-order valence-electron chi connectivity index (χ4n) is 2.07. The van der Waals surface area contributed by atoms with Gasteiger partial charge in [-0.15, -0.1) is 0 Å². The summed E-state index contributed by atoms with van der Waals surface area (Å²) in [6.45, 7) is 5.28. The third-order valence-corrected chi connectivity index (χ3v) is 4.12. The molecule has 112 valence electrons. The molecule has 0 saturated heterocycles. The van der Waals surface area contributed by atoms with Crippen molar-refractivity contribution in [1.29, 1.82) is 0 Å². The van der Waals surface area contributed by atoms with Gasteiger partial charge in [0.25, 0.3) is 5.91 Å². The monoisotopic (exact) mass is 308 g/mol. The number of hydrogen-bond donors (Lipinski definition) is 2. The number of amides is 1. The number of carbonyl (C=O) groups is 1. The van der Waals surface area contributed by atoms with E-state index >= 15 is 0 Å². The highest BCUT2D eigenvalue weighted by molar-refractivity contribution is 7.89. The fraction of sp³-hybridized carbons (Fsp3) is 0.214. The molecule has 1 aromatic carbocycles. The molecule has 0 fully saturated rings. The van der Waals surface area contributed by atoms with Gasteiger partial charge in [-0.1, -0.05) is 6.07 Å². The van der Waals surface area contributed by atoms with Crippen molar-refractivity contribution in [3.8, 4) is 0 Å². The predicted octanol–water partition coefficient (Wildman–Crippen LogP) is 2.10. The van der Waals surface area contributed by atoms with Crippen LogP contribution < -0.4 is 10.5 Å². The smallest absolute Gasteiger partial charge is 0.259 e. The number of sulfonamides is 1. The number of aryl methyl sites for hydroxylation is 2. The maximum absolute atomic E-state index is 12.3. The summed E-state index contributed by atoms with van der Waals surface area (Å²) in [6, 6.07) is 5.77. The van der Waals surface area contributed by atoms with E-state index in [9.17, 15) is 13.2 Å². The van der Waals surface area contributed by atoms with E-state index in [2.05, 4.69) is 5.32 Å². The third-order valence-electron chi connectivity index (χ3n) is 3.21. The number of rotatable bonds is 3. The van der Waals surface area contributed by atoms with Crippen LogP contribution in [0.4, 0.5) is 5.69 Å². The first-order valence-corrected chi connectivity index (χ1v) is 7.75. The summed E-state index contributed by atoms with van der Waals surface area (Å²) >= 11 is 0. The number of primary sulfonamides is 1. The van der Waals surface area contributed by atoms with Gasteiger partial charge in [0, 0.05) is 11.3 Å². The summed E-state index contributed by atoms with van der Waals surface area (Å²) in [5, 5.41) is 7.71. The van der Waals surface area contributed by atoms with Crippen LogP contribution in [-0.4, -0.2) is 14.3 Å². The SMILES string of the molecule is Cc1oc(C)c(C(=O)Nc2cccc(S(N)(=O)=O)c2)c1C. The molecule has 0 saturated carbocycles. The summed E-state index contributed by atoms with van der Waals surface area (Å²) in [4.78, 5) is 12.2. The van der Waals surface area contributed by atoms with Gasteiger partial charge in [-0.2, -0.15) is 0 Å². The first kappa shape index (κ1) is 15.3. The molecular weight excluding hydrogens is 292 g/mol. The van der Waals surface area contributed by atoms with E-state index in [1.807, 2.05) is 0 Å². The zero-order chi connectivity index (χ0) is 15.8. The van der Waals surface area contributed by atoms with E-state index in [4.69, 9.17) is 9.56 Å². The summed E-state index contributed by atoms with van der Waals surface area (Å²) < 4.78 is 28.0. The Labute approximate surface area is 123 Å². The molecule has 0 aliphatic rings. The molecule has 1 amide bonds. The first-order valence-electron chi connectivity index (χ1n) is 6.21. The number of hydrogen-bond acceptors (Lipinski definition) is 4. The van der Waals surface area contributed by atoms with Crippen molar-refractivity contribution in [2.75, 3.05) is 5.32 Å². The van der Waals surface area contributed by atoms with Crippen LogP contribution in [-0.2, 0) is 10.0 Å². The van der Waals surface area contributed by atoms with Crippen LogP contribution >= 0.6 is 0 Å². The molecule has 0 radical (unpaired) electrons. The van der Waals surface area contributed by atoms with E-state index < -0.39 is 10.0 Å². The van der Waals surface area contributed by atoms with Crippen LogP contribution in [0.5, 0.6) is 0 Å². The molecule has 3 N–H and O–H groups in total. The van der Waals surface area contributed by atoms with E-state index in [1.54, 1.807) is 26.8 Å². The minimum absolute atomic E-state index is 0.0582. The molecule has 1 aromatic heterocycles. The number of anilines is 1. The van der Waals surface area contributed by atoms with Gasteiger partial charge >= 0.3 is 0 Å². The average molecular weight is 308 g/mol. The highest BCUT2D eigenvalue weighted by atomic mass is 32.2. The molecule has 2 rings (SSSR count). The van der Waals surface area contributed by atoms with Crippen LogP contribution in [0, 0.1) is 20.8 Å². The lowest BCUT2D eigenvalue weighted by Gasteiger charge is -2.07. The molecule has 0 atom stereocenters. The second-order valence-electron chi connectivity index (χ2n) is 4.74. The molecule has 2 aromatic rings. The number of furan rings is 1. The first-order chi connectivity index (χ1) is 9.70. The van der Waals surface area contributed by atoms with E-state index in [-0.39, 0.29) is 10.8 Å². The molecule has 0 aliphatic heterocycles. The normalized spacial score (nSPS) is 11.4. The van der Waals surface area contributed by atoms with Gasteiger partial charge in [0.15, 0.2) is 0 Å². The van der Waals surface area contributed by atoms with E-state index in [1.165, 1.54) is 18.2 Å². The van der Waals surface area contributed by atoms with Gasteiger partial charge in [-0.25, -0.2) is 13.6 Å². The van der Waals surface area contributed by atoms with Gasteiger partial charge in [-0.3, -0.25) is 4.79 Å². The van der Waals surface area contributed by atoms with Gasteiger partial charge in [0.1, 0.15) is 11.5 Å².